The van der Waals surface area contributed by atoms with Crippen molar-refractivity contribution >= 4 is 5.97 Å². The van der Waals surface area contributed by atoms with E-state index < -0.39 is 11.1 Å². The Hall–Kier alpha value is -0.610. The minimum Gasteiger partial charge on any atom is -0.469 e. The van der Waals surface area contributed by atoms with Crippen molar-refractivity contribution in [3.8, 4) is 0 Å². The lowest BCUT2D eigenvalue weighted by Gasteiger charge is -2.35. The molecule has 4 heteroatoms. The van der Waals surface area contributed by atoms with Crippen LogP contribution in [0.25, 0.3) is 0 Å². The van der Waals surface area contributed by atoms with Gasteiger partial charge in [-0.2, -0.15) is 5.06 Å². The molecular formula is C12H23NO3. The van der Waals surface area contributed by atoms with Gasteiger partial charge in [0.2, 0.25) is 0 Å². The highest BCUT2D eigenvalue weighted by molar-refractivity contribution is 5.75. The molecule has 4 nitrogen and oxygen atoms in total. The molecule has 1 N–H and O–H groups in total. The predicted molar refractivity (Wildman–Crippen MR) is 61.1 cm³/mol. The van der Waals surface area contributed by atoms with Crippen LogP contribution in [0.2, 0.25) is 0 Å². The van der Waals surface area contributed by atoms with E-state index in [1.165, 1.54) is 12.2 Å². The maximum absolute atomic E-state index is 11.9. The van der Waals surface area contributed by atoms with E-state index in [-0.39, 0.29) is 17.8 Å². The molecule has 1 fully saturated rings. The van der Waals surface area contributed by atoms with Crippen molar-refractivity contribution in [3.63, 3.8) is 0 Å². The zero-order chi connectivity index (χ0) is 12.7. The number of hydrogen-bond acceptors (Lipinski definition) is 4. The molecule has 16 heavy (non-hydrogen) atoms. The van der Waals surface area contributed by atoms with Crippen LogP contribution in [0.3, 0.4) is 0 Å². The number of methoxy groups -OCH3 is 1. The van der Waals surface area contributed by atoms with Gasteiger partial charge in [-0.05, 0) is 33.6 Å². The van der Waals surface area contributed by atoms with Crippen molar-refractivity contribution in [2.45, 2.75) is 52.1 Å². The molecule has 1 aliphatic rings. The lowest BCUT2D eigenvalue weighted by Crippen LogP contribution is -2.48. The summed E-state index contributed by atoms with van der Waals surface area (Å²) >= 11 is 0. The van der Waals surface area contributed by atoms with Gasteiger partial charge in [0.05, 0.1) is 18.6 Å². The lowest BCUT2D eigenvalue weighted by molar-refractivity contribution is -0.202. The summed E-state index contributed by atoms with van der Waals surface area (Å²) in [6.07, 6.45) is 0.841. The number of hydroxylamine groups is 2. The molecule has 2 unspecified atom stereocenters. The first-order valence-electron chi connectivity index (χ1n) is 5.78. The SMILES string of the molecule is CCC1C(C(=O)OC)C(C)(C)N(O)C1(C)C. The van der Waals surface area contributed by atoms with E-state index in [1.807, 2.05) is 34.6 Å². The van der Waals surface area contributed by atoms with E-state index in [2.05, 4.69) is 0 Å². The highest BCUT2D eigenvalue weighted by Gasteiger charge is 2.60. The van der Waals surface area contributed by atoms with Crippen LogP contribution in [0.5, 0.6) is 0 Å². The largest absolute Gasteiger partial charge is 0.469 e. The van der Waals surface area contributed by atoms with Crippen molar-refractivity contribution in [3.05, 3.63) is 0 Å². The lowest BCUT2D eigenvalue weighted by atomic mass is 9.76. The summed E-state index contributed by atoms with van der Waals surface area (Å²) < 4.78 is 4.87. The Morgan fingerprint density at radius 1 is 1.31 bits per heavy atom. The van der Waals surface area contributed by atoms with E-state index in [1.54, 1.807) is 0 Å². The van der Waals surface area contributed by atoms with Crippen molar-refractivity contribution in [2.75, 3.05) is 7.11 Å². The van der Waals surface area contributed by atoms with Crippen LogP contribution < -0.4 is 0 Å². The highest BCUT2D eigenvalue weighted by Crippen LogP contribution is 2.49. The second-order valence-corrected chi connectivity index (χ2v) is 5.63. The summed E-state index contributed by atoms with van der Waals surface area (Å²) in [6.45, 7) is 9.73. The van der Waals surface area contributed by atoms with Gasteiger partial charge in [-0.3, -0.25) is 4.79 Å². The quantitative estimate of drug-likeness (QED) is 0.736. The summed E-state index contributed by atoms with van der Waals surface area (Å²) in [4.78, 5) is 11.9. The summed E-state index contributed by atoms with van der Waals surface area (Å²) in [5, 5.41) is 11.5. The first-order valence-corrected chi connectivity index (χ1v) is 5.78. The second kappa shape index (κ2) is 4.00. The van der Waals surface area contributed by atoms with Gasteiger partial charge >= 0.3 is 5.97 Å². The minimum atomic E-state index is -0.586. The fourth-order valence-electron chi connectivity index (χ4n) is 3.25. The molecule has 0 bridgehead atoms. The summed E-state index contributed by atoms with van der Waals surface area (Å²) in [7, 11) is 1.40. The second-order valence-electron chi connectivity index (χ2n) is 5.63. The average molecular weight is 229 g/mol. The zero-order valence-corrected chi connectivity index (χ0v) is 11.1. The highest BCUT2D eigenvalue weighted by atomic mass is 16.5. The van der Waals surface area contributed by atoms with Crippen LogP contribution in [0.15, 0.2) is 0 Å². The first kappa shape index (κ1) is 13.5. The van der Waals surface area contributed by atoms with Crippen LogP contribution in [0.4, 0.5) is 0 Å². The Labute approximate surface area is 97.5 Å². The number of esters is 1. The van der Waals surface area contributed by atoms with Gasteiger partial charge in [0.15, 0.2) is 0 Å². The van der Waals surface area contributed by atoms with Crippen LogP contribution in [-0.2, 0) is 9.53 Å². The number of ether oxygens (including phenoxy) is 1. The molecule has 1 saturated heterocycles. The molecule has 0 aromatic heterocycles. The topological polar surface area (TPSA) is 49.8 Å². The molecule has 0 spiro atoms. The van der Waals surface area contributed by atoms with Crippen LogP contribution >= 0.6 is 0 Å². The number of rotatable bonds is 2. The van der Waals surface area contributed by atoms with Crippen molar-refractivity contribution in [1.29, 1.82) is 0 Å². The van der Waals surface area contributed by atoms with E-state index in [9.17, 15) is 10.0 Å². The number of nitrogens with zero attached hydrogens (tertiary/aromatic N) is 1. The molecule has 0 aromatic carbocycles. The van der Waals surface area contributed by atoms with Crippen molar-refractivity contribution in [2.24, 2.45) is 11.8 Å². The molecule has 0 amide bonds. The minimum absolute atomic E-state index is 0.0972. The van der Waals surface area contributed by atoms with E-state index in [0.29, 0.717) is 0 Å². The summed E-state index contributed by atoms with van der Waals surface area (Å²) in [5.41, 5.74) is -0.992. The fraction of sp³-hybridized carbons (Fsp3) is 0.917. The van der Waals surface area contributed by atoms with Crippen LogP contribution in [0, 0.1) is 11.8 Å². The number of carbonyl (C=O) groups is 1. The third-order valence-electron chi connectivity index (χ3n) is 4.06. The van der Waals surface area contributed by atoms with Gasteiger partial charge in [-0.25, -0.2) is 0 Å². The Morgan fingerprint density at radius 2 is 1.81 bits per heavy atom. The predicted octanol–water partition coefficient (Wildman–Crippen LogP) is 2.06. The summed E-state index contributed by atoms with van der Waals surface area (Å²) in [5.74, 6) is -0.427. The van der Waals surface area contributed by atoms with E-state index in [0.717, 1.165) is 6.42 Å². The molecule has 1 heterocycles. The maximum Gasteiger partial charge on any atom is 0.310 e. The van der Waals surface area contributed by atoms with Gasteiger partial charge in [0.1, 0.15) is 0 Å². The Bertz CT molecular complexity index is 286. The molecule has 1 rings (SSSR count). The van der Waals surface area contributed by atoms with Gasteiger partial charge < -0.3 is 9.94 Å². The number of hydrogen-bond donors (Lipinski definition) is 1. The van der Waals surface area contributed by atoms with Gasteiger partial charge in [0, 0.05) is 5.54 Å². The van der Waals surface area contributed by atoms with Gasteiger partial charge in [-0.15, -0.1) is 0 Å². The Kier molecular flexibility index (Phi) is 3.37. The van der Waals surface area contributed by atoms with Crippen molar-refractivity contribution < 1.29 is 14.7 Å². The zero-order valence-electron chi connectivity index (χ0n) is 11.1. The fourth-order valence-corrected chi connectivity index (χ4v) is 3.25. The standard InChI is InChI=1S/C12H23NO3/c1-7-8-9(10(14)16-6)12(4,5)13(15)11(8,2)3/h8-9,15H,7H2,1-6H3. The van der Waals surface area contributed by atoms with Crippen LogP contribution in [-0.4, -0.2) is 34.4 Å². The van der Waals surface area contributed by atoms with E-state index in [4.69, 9.17) is 4.74 Å². The molecule has 2 atom stereocenters. The average Bonchev–Trinajstić information content (AvgIpc) is 2.34. The molecule has 0 aromatic rings. The molecule has 0 radical (unpaired) electrons. The summed E-state index contributed by atoms with van der Waals surface area (Å²) in [6, 6.07) is 0. The smallest absolute Gasteiger partial charge is 0.310 e. The molecule has 94 valence electrons. The molecule has 0 aliphatic carbocycles. The monoisotopic (exact) mass is 229 g/mol. The van der Waals surface area contributed by atoms with Crippen molar-refractivity contribution in [1.82, 2.24) is 5.06 Å². The first-order chi connectivity index (χ1) is 7.21. The third-order valence-corrected chi connectivity index (χ3v) is 4.06. The third kappa shape index (κ3) is 1.64. The van der Waals surface area contributed by atoms with E-state index >= 15 is 0 Å². The van der Waals surface area contributed by atoms with Gasteiger partial charge in [-0.1, -0.05) is 13.3 Å². The molecule has 1 aliphatic heterocycles. The van der Waals surface area contributed by atoms with Crippen LogP contribution in [0.1, 0.15) is 41.0 Å². The normalized spacial score (nSPS) is 32.7. The van der Waals surface area contributed by atoms with Gasteiger partial charge in [0.25, 0.3) is 0 Å². The molecular weight excluding hydrogens is 206 g/mol. The Morgan fingerprint density at radius 3 is 2.19 bits per heavy atom. The maximum atomic E-state index is 11.9. The Balaban J connectivity index is 3.19. The number of carbonyl (C=O) groups excluding carboxylic acids is 1. The molecule has 0 saturated carbocycles.